The zero-order chi connectivity index (χ0) is 19.4. The van der Waals surface area contributed by atoms with Crippen molar-refractivity contribution in [1.82, 2.24) is 9.78 Å². The molecule has 0 aliphatic heterocycles. The molecule has 3 rings (SSSR count). The maximum Gasteiger partial charge on any atom is 0.212 e. The number of aromatic nitrogens is 2. The molecule has 1 aliphatic rings. The number of hydrogen-bond donors (Lipinski definition) is 0. The Balaban J connectivity index is 0.00000280. The quantitative estimate of drug-likeness (QED) is 0.610. The Morgan fingerprint density at radius 1 is 1.23 bits per heavy atom. The molecule has 0 saturated heterocycles. The molecule has 0 bridgehead atoms. The summed E-state index contributed by atoms with van der Waals surface area (Å²) in [5.74, 6) is -0.806. The van der Waals surface area contributed by atoms with E-state index in [1.807, 2.05) is 6.92 Å². The Kier molecular flexibility index (Phi) is 6.77. The summed E-state index contributed by atoms with van der Waals surface area (Å²) in [6.07, 6.45) is 7.54. The van der Waals surface area contributed by atoms with Crippen molar-refractivity contribution < 1.29 is 16.3 Å². The highest BCUT2D eigenvalue weighted by Gasteiger charge is 2.18. The molecule has 0 amide bonds. The van der Waals surface area contributed by atoms with Gasteiger partial charge in [-0.2, -0.15) is 5.10 Å². The molecule has 0 spiro atoms. The van der Waals surface area contributed by atoms with Gasteiger partial charge in [0.25, 0.3) is 0 Å². The fourth-order valence-electron chi connectivity index (χ4n) is 3.34. The molecule has 0 atom stereocenters. The lowest BCUT2D eigenvalue weighted by Crippen LogP contribution is -2.16. The zero-order valence-electron chi connectivity index (χ0n) is 17.0. The molecule has 2 aromatic rings. The molecule has 0 unspecified atom stereocenters. The third kappa shape index (κ3) is 5.44. The number of benzene rings is 1. The Labute approximate surface area is 163 Å². The molecule has 3 nitrogen and oxygen atoms in total. The van der Waals surface area contributed by atoms with Crippen molar-refractivity contribution in [2.75, 3.05) is 0 Å². The summed E-state index contributed by atoms with van der Waals surface area (Å²) in [7, 11) is 0. The molecule has 1 aromatic carbocycles. The summed E-state index contributed by atoms with van der Waals surface area (Å²) >= 11 is 0. The van der Waals surface area contributed by atoms with Gasteiger partial charge in [-0.15, -0.1) is 12.4 Å². The van der Waals surface area contributed by atoms with Crippen molar-refractivity contribution in [3.05, 3.63) is 47.2 Å². The molecule has 0 N–H and O–H groups in total. The predicted octanol–water partition coefficient (Wildman–Crippen LogP) is 5.69. The Morgan fingerprint density at radius 2 is 2.00 bits per heavy atom. The van der Waals surface area contributed by atoms with Gasteiger partial charge in [-0.05, 0) is 43.4 Å². The fraction of sp³-hybridized carbons (Fsp3) is 0.550. The van der Waals surface area contributed by atoms with Crippen molar-refractivity contribution in [1.29, 1.82) is 0 Å². The van der Waals surface area contributed by atoms with Crippen LogP contribution in [0.5, 0.6) is 5.88 Å². The van der Waals surface area contributed by atoms with Gasteiger partial charge in [-0.25, -0.2) is 13.5 Å². The van der Waals surface area contributed by atoms with Gasteiger partial charge in [0.2, 0.25) is 5.88 Å². The maximum absolute atomic E-state index is 14.1. The van der Waals surface area contributed by atoms with E-state index in [1.165, 1.54) is 19.3 Å². The van der Waals surface area contributed by atoms with Crippen LogP contribution < -0.4 is 4.74 Å². The molecule has 1 fully saturated rings. The average Bonchev–Trinajstić information content (AvgIpc) is 2.98. The summed E-state index contributed by atoms with van der Waals surface area (Å²) in [5.41, 5.74) is 0.365. The molecule has 26 heavy (non-hydrogen) atoms. The first-order valence-electron chi connectivity index (χ1n) is 10.1. The van der Waals surface area contributed by atoms with Crippen LogP contribution >= 0.6 is 12.4 Å². The van der Waals surface area contributed by atoms with Crippen LogP contribution in [-0.4, -0.2) is 9.78 Å². The summed E-state index contributed by atoms with van der Waals surface area (Å²) in [5, 5.41) is 4.57. The van der Waals surface area contributed by atoms with Gasteiger partial charge in [0.15, 0.2) is 0 Å². The number of nitrogens with zero attached hydrogens (tertiary/aromatic N) is 2. The molecule has 1 aromatic heterocycles. The molecular weight excluding hydrogens is 358 g/mol. The third-order valence-corrected chi connectivity index (χ3v) is 4.65. The highest BCUT2D eigenvalue weighted by atomic mass is 35.5. The largest absolute Gasteiger partial charge is 0.473 e. The second kappa shape index (κ2) is 9.91. The summed E-state index contributed by atoms with van der Waals surface area (Å²) < 4.78 is 51.1. The maximum atomic E-state index is 14.1. The minimum absolute atomic E-state index is 0. The van der Waals surface area contributed by atoms with Crippen molar-refractivity contribution in [3.8, 4) is 5.88 Å². The van der Waals surface area contributed by atoms with Crippen LogP contribution in [0, 0.1) is 17.6 Å². The molecule has 6 heteroatoms. The number of rotatable bonds is 7. The van der Waals surface area contributed by atoms with Crippen molar-refractivity contribution >= 4 is 12.4 Å². The minimum Gasteiger partial charge on any atom is -0.473 e. The molecular formula is C20H27ClF2N2O. The van der Waals surface area contributed by atoms with Crippen LogP contribution in [0.25, 0.3) is 0 Å². The highest BCUT2D eigenvalue weighted by Crippen LogP contribution is 2.27. The topological polar surface area (TPSA) is 27.1 Å². The third-order valence-electron chi connectivity index (χ3n) is 4.65. The van der Waals surface area contributed by atoms with E-state index in [0.29, 0.717) is 12.5 Å². The van der Waals surface area contributed by atoms with Crippen LogP contribution in [0.15, 0.2) is 24.3 Å². The predicted molar refractivity (Wildman–Crippen MR) is 101 cm³/mol. The average molecular weight is 387 g/mol. The van der Waals surface area contributed by atoms with Gasteiger partial charge in [0, 0.05) is 18.2 Å². The first kappa shape index (κ1) is 17.8. The van der Waals surface area contributed by atoms with Crippen LogP contribution in [0.4, 0.5) is 8.78 Å². The molecule has 1 heterocycles. The van der Waals surface area contributed by atoms with E-state index in [2.05, 4.69) is 5.10 Å². The van der Waals surface area contributed by atoms with E-state index in [-0.39, 0.29) is 18.3 Å². The van der Waals surface area contributed by atoms with Gasteiger partial charge in [0.1, 0.15) is 18.2 Å². The molecule has 1 saturated carbocycles. The highest BCUT2D eigenvalue weighted by molar-refractivity contribution is 5.85. The van der Waals surface area contributed by atoms with E-state index >= 15 is 0 Å². The second-order valence-electron chi connectivity index (χ2n) is 6.74. The first-order chi connectivity index (χ1) is 12.9. The van der Waals surface area contributed by atoms with Gasteiger partial charge in [-0.3, -0.25) is 0 Å². The molecule has 144 valence electrons. The van der Waals surface area contributed by atoms with E-state index in [1.54, 1.807) is 10.7 Å². The Hall–Kier alpha value is -1.62. The van der Waals surface area contributed by atoms with Gasteiger partial charge >= 0.3 is 0 Å². The Morgan fingerprint density at radius 3 is 2.73 bits per heavy atom. The fourth-order valence-corrected chi connectivity index (χ4v) is 3.34. The summed E-state index contributed by atoms with van der Waals surface area (Å²) in [6.45, 7) is 0.197. The number of halogens is 3. The van der Waals surface area contributed by atoms with Crippen LogP contribution in [0.3, 0.4) is 0 Å². The van der Waals surface area contributed by atoms with Gasteiger partial charge < -0.3 is 4.74 Å². The minimum atomic E-state index is -2.50. The van der Waals surface area contributed by atoms with Crippen molar-refractivity contribution in [2.24, 2.45) is 5.92 Å². The van der Waals surface area contributed by atoms with Gasteiger partial charge in [0.05, 0.1) is 8.44 Å². The van der Waals surface area contributed by atoms with E-state index < -0.39 is 23.8 Å². The van der Waals surface area contributed by atoms with E-state index in [0.717, 1.165) is 49.6 Å². The molecule has 1 aliphatic carbocycles. The zero-order valence-corrected chi connectivity index (χ0v) is 15.8. The van der Waals surface area contributed by atoms with Crippen molar-refractivity contribution in [3.63, 3.8) is 0 Å². The summed E-state index contributed by atoms with van der Waals surface area (Å²) in [4.78, 5) is 0. The normalized spacial score (nSPS) is 16.6. The summed E-state index contributed by atoms with van der Waals surface area (Å²) in [6, 6.07) is 4.42. The number of ether oxygens (including phenoxy) is 1. The van der Waals surface area contributed by atoms with Crippen LogP contribution in [0.1, 0.15) is 59.4 Å². The number of aryl methyl sites for hydroxylation is 1. The van der Waals surface area contributed by atoms with E-state index in [9.17, 15) is 8.78 Å². The smallest absolute Gasteiger partial charge is 0.212 e. The van der Waals surface area contributed by atoms with Gasteiger partial charge in [-0.1, -0.05) is 32.6 Å². The van der Waals surface area contributed by atoms with E-state index in [4.69, 9.17) is 7.48 Å². The van der Waals surface area contributed by atoms with Crippen molar-refractivity contribution in [2.45, 2.75) is 65.0 Å². The monoisotopic (exact) mass is 386 g/mol. The lowest BCUT2D eigenvalue weighted by Gasteiger charge is -2.22. The van der Waals surface area contributed by atoms with Crippen LogP contribution in [0.2, 0.25) is 0 Å². The molecule has 0 radical (unpaired) electrons. The Bertz CT molecular complexity index is 780. The SMILES string of the molecule is Cl.[2H]C([2H])(Oc1cc(CCC)nn1CC1CCCCC1)c1cc(F)ccc1F. The lowest BCUT2D eigenvalue weighted by atomic mass is 9.89. The standard InChI is InChI=1S/C20H26F2N2O.ClH/c1-2-6-18-12-20(24(23-18)13-15-7-4-3-5-8-15)25-14-16-11-17(21)9-10-19(16)22;/h9-12,15H,2-8,13-14H2,1H3;1H/i14D2;. The lowest BCUT2D eigenvalue weighted by molar-refractivity contribution is 0.242. The van der Waals surface area contributed by atoms with Crippen LogP contribution in [-0.2, 0) is 19.5 Å². The number of hydrogen-bond acceptors (Lipinski definition) is 2. The first-order valence-corrected chi connectivity index (χ1v) is 9.10. The second-order valence-corrected chi connectivity index (χ2v) is 6.74.